The molecule has 198 valence electrons. The molecule has 4 aromatic rings. The van der Waals surface area contributed by atoms with Crippen molar-refractivity contribution >= 4 is 23.3 Å². The number of carboxylic acids is 1. The van der Waals surface area contributed by atoms with Gasteiger partial charge in [0, 0.05) is 17.2 Å². The molecule has 0 heterocycles. The van der Waals surface area contributed by atoms with Gasteiger partial charge in [-0.1, -0.05) is 57.2 Å². The molecule has 0 bridgehead atoms. The molecule has 0 aliphatic heterocycles. The number of rotatable bonds is 7. The number of carbonyl (C=O) groups excluding carboxylic acids is 1. The summed E-state index contributed by atoms with van der Waals surface area (Å²) in [6.45, 7) is 5.98. The monoisotopic (exact) mass is 528 g/mol. The van der Waals surface area contributed by atoms with Crippen LogP contribution in [0.2, 0.25) is 0 Å². The van der Waals surface area contributed by atoms with Crippen molar-refractivity contribution in [2.75, 3.05) is 5.32 Å². The molecule has 0 aliphatic rings. The lowest BCUT2D eigenvalue weighted by molar-refractivity contribution is -0.385. The van der Waals surface area contributed by atoms with E-state index in [9.17, 15) is 29.2 Å². The zero-order valence-corrected chi connectivity index (χ0v) is 21.4. The Labute approximate surface area is 223 Å². The van der Waals surface area contributed by atoms with Gasteiger partial charge in [-0.3, -0.25) is 14.9 Å². The summed E-state index contributed by atoms with van der Waals surface area (Å²) in [6.07, 6.45) is 0. The number of benzene rings is 4. The highest BCUT2D eigenvalue weighted by Crippen LogP contribution is 2.38. The summed E-state index contributed by atoms with van der Waals surface area (Å²) in [4.78, 5) is 36.1. The number of amides is 1. The van der Waals surface area contributed by atoms with Gasteiger partial charge in [0.25, 0.3) is 5.91 Å². The van der Waals surface area contributed by atoms with Crippen LogP contribution in [0.25, 0.3) is 11.1 Å². The van der Waals surface area contributed by atoms with Crippen LogP contribution in [0.3, 0.4) is 0 Å². The van der Waals surface area contributed by atoms with E-state index in [1.165, 1.54) is 48.5 Å². The normalized spacial score (nSPS) is 11.1. The van der Waals surface area contributed by atoms with Crippen molar-refractivity contribution in [3.05, 3.63) is 118 Å². The zero-order valence-electron chi connectivity index (χ0n) is 21.4. The molecule has 4 aromatic carbocycles. The summed E-state index contributed by atoms with van der Waals surface area (Å²) in [6, 6.07) is 20.9. The maximum absolute atomic E-state index is 13.3. The van der Waals surface area contributed by atoms with Gasteiger partial charge in [0.2, 0.25) is 5.75 Å². The van der Waals surface area contributed by atoms with Crippen LogP contribution >= 0.6 is 0 Å². The molecule has 0 unspecified atom stereocenters. The van der Waals surface area contributed by atoms with Gasteiger partial charge in [-0.25, -0.2) is 9.18 Å². The maximum Gasteiger partial charge on any atom is 0.337 e. The molecule has 8 nitrogen and oxygen atoms in total. The lowest BCUT2D eigenvalue weighted by Crippen LogP contribution is -2.15. The number of nitrogens with one attached hydrogen (secondary N) is 1. The van der Waals surface area contributed by atoms with Crippen molar-refractivity contribution in [1.82, 2.24) is 0 Å². The third-order valence-corrected chi connectivity index (χ3v) is 6.01. The van der Waals surface area contributed by atoms with Gasteiger partial charge < -0.3 is 15.2 Å². The number of ether oxygens (including phenoxy) is 1. The molecule has 0 aromatic heterocycles. The summed E-state index contributed by atoms with van der Waals surface area (Å²) >= 11 is 0. The van der Waals surface area contributed by atoms with Gasteiger partial charge >= 0.3 is 11.7 Å². The minimum atomic E-state index is -1.29. The number of aromatic carboxylic acids is 1. The third-order valence-electron chi connectivity index (χ3n) is 6.01. The molecule has 0 saturated carbocycles. The molecule has 0 atom stereocenters. The van der Waals surface area contributed by atoms with Crippen LogP contribution in [0, 0.1) is 15.9 Å². The van der Waals surface area contributed by atoms with E-state index >= 15 is 0 Å². The van der Waals surface area contributed by atoms with Gasteiger partial charge in [0.1, 0.15) is 11.6 Å². The number of hydrogen-bond acceptors (Lipinski definition) is 5. The number of halogens is 1. The fourth-order valence-electron chi connectivity index (χ4n) is 4.03. The predicted molar refractivity (Wildman–Crippen MR) is 145 cm³/mol. The van der Waals surface area contributed by atoms with Gasteiger partial charge in [0.15, 0.2) is 0 Å². The van der Waals surface area contributed by atoms with Crippen LogP contribution in [-0.4, -0.2) is 21.9 Å². The lowest BCUT2D eigenvalue weighted by atomic mass is 9.86. The summed E-state index contributed by atoms with van der Waals surface area (Å²) in [5.74, 6) is -2.04. The van der Waals surface area contributed by atoms with Gasteiger partial charge in [0.05, 0.1) is 16.2 Å². The third kappa shape index (κ3) is 6.10. The van der Waals surface area contributed by atoms with E-state index in [0.29, 0.717) is 16.9 Å². The summed E-state index contributed by atoms with van der Waals surface area (Å²) < 4.78 is 19.2. The maximum atomic E-state index is 13.3. The Balaban J connectivity index is 1.63. The first-order chi connectivity index (χ1) is 18.4. The molecule has 9 heteroatoms. The number of hydrogen-bond donors (Lipinski definition) is 2. The lowest BCUT2D eigenvalue weighted by Gasteiger charge is -2.22. The van der Waals surface area contributed by atoms with Crippen LogP contribution in [-0.2, 0) is 5.41 Å². The molecular formula is C30H25FN2O6. The smallest absolute Gasteiger partial charge is 0.337 e. The van der Waals surface area contributed by atoms with Crippen molar-refractivity contribution in [2.24, 2.45) is 0 Å². The van der Waals surface area contributed by atoms with E-state index in [1.807, 2.05) is 32.9 Å². The zero-order chi connectivity index (χ0) is 28.3. The highest BCUT2D eigenvalue weighted by Gasteiger charge is 2.24. The number of para-hydroxylation sites is 1. The summed E-state index contributed by atoms with van der Waals surface area (Å²) in [5.41, 5.74) is 1.01. The van der Waals surface area contributed by atoms with Crippen LogP contribution in [0.1, 0.15) is 47.1 Å². The average Bonchev–Trinajstić information content (AvgIpc) is 2.89. The fraction of sp³-hybridized carbons (Fsp3) is 0.133. The number of carboxylic acid groups (broad SMARTS) is 1. The molecule has 1 amide bonds. The second kappa shape index (κ2) is 10.7. The molecule has 0 radical (unpaired) electrons. The molecule has 39 heavy (non-hydrogen) atoms. The first kappa shape index (κ1) is 27.0. The van der Waals surface area contributed by atoms with Crippen LogP contribution < -0.4 is 10.1 Å². The van der Waals surface area contributed by atoms with E-state index < -0.39 is 28.3 Å². The Kier molecular flexibility index (Phi) is 7.44. The molecule has 2 N–H and O–H groups in total. The Morgan fingerprint density at radius 3 is 2.21 bits per heavy atom. The fourth-order valence-corrected chi connectivity index (χ4v) is 4.03. The van der Waals surface area contributed by atoms with Crippen LogP contribution in [0.4, 0.5) is 15.8 Å². The first-order valence-corrected chi connectivity index (χ1v) is 11.9. The minimum Gasteiger partial charge on any atom is -0.478 e. The Hall–Kier alpha value is -5.05. The van der Waals surface area contributed by atoms with E-state index in [1.54, 1.807) is 18.2 Å². The molecule has 4 rings (SSSR count). The summed E-state index contributed by atoms with van der Waals surface area (Å²) in [7, 11) is 0. The second-order valence-corrected chi connectivity index (χ2v) is 9.81. The number of nitro benzene ring substituents is 1. The van der Waals surface area contributed by atoms with Crippen molar-refractivity contribution in [2.45, 2.75) is 26.2 Å². The van der Waals surface area contributed by atoms with E-state index in [2.05, 4.69) is 5.32 Å². The van der Waals surface area contributed by atoms with E-state index in [0.717, 1.165) is 11.6 Å². The van der Waals surface area contributed by atoms with Crippen LogP contribution in [0.15, 0.2) is 84.9 Å². The molecule has 0 spiro atoms. The highest BCUT2D eigenvalue weighted by molar-refractivity contribution is 6.08. The Morgan fingerprint density at radius 2 is 1.56 bits per heavy atom. The SMILES string of the molecule is CC(C)(C)c1ccccc1Oc1ccc(C(=O)Nc2ccc(-c3ccc(F)cc3)cc2C(=O)O)cc1[N+](=O)[O-]. The summed E-state index contributed by atoms with van der Waals surface area (Å²) in [5, 5.41) is 24.1. The number of nitro groups is 1. The van der Waals surface area contributed by atoms with Crippen LogP contribution in [0.5, 0.6) is 11.5 Å². The van der Waals surface area contributed by atoms with Gasteiger partial charge in [-0.2, -0.15) is 0 Å². The van der Waals surface area contributed by atoms with Gasteiger partial charge in [-0.05, 0) is 59.0 Å². The van der Waals surface area contributed by atoms with Crippen molar-refractivity contribution in [3.63, 3.8) is 0 Å². The minimum absolute atomic E-state index is 0.000413. The van der Waals surface area contributed by atoms with Crippen molar-refractivity contribution in [3.8, 4) is 22.6 Å². The molecular weight excluding hydrogens is 503 g/mol. The standard InChI is InChI=1S/C30H25FN2O6/c1-30(2,3)23-6-4-5-7-26(23)39-27-15-11-20(17-25(27)33(37)38)28(34)32-24-14-10-19(16-22(24)29(35)36)18-8-12-21(31)13-9-18/h4-17H,1-3H3,(H,32,34)(H,35,36). The molecule has 0 saturated heterocycles. The molecule has 0 aliphatic carbocycles. The predicted octanol–water partition coefficient (Wildman–Crippen LogP) is 7.44. The average molecular weight is 529 g/mol. The van der Waals surface area contributed by atoms with Crippen molar-refractivity contribution in [1.29, 1.82) is 0 Å². The van der Waals surface area contributed by atoms with E-state index in [4.69, 9.17) is 4.74 Å². The number of nitrogens with zero attached hydrogens (tertiary/aromatic N) is 1. The number of carbonyl (C=O) groups is 2. The van der Waals surface area contributed by atoms with E-state index in [-0.39, 0.29) is 28.0 Å². The van der Waals surface area contributed by atoms with Gasteiger partial charge in [-0.15, -0.1) is 0 Å². The topological polar surface area (TPSA) is 119 Å². The first-order valence-electron chi connectivity index (χ1n) is 11.9. The largest absolute Gasteiger partial charge is 0.478 e. The second-order valence-electron chi connectivity index (χ2n) is 9.81. The highest BCUT2D eigenvalue weighted by atomic mass is 19.1. The Morgan fingerprint density at radius 1 is 0.897 bits per heavy atom. The number of anilines is 1. The molecule has 0 fully saturated rings. The Bertz CT molecular complexity index is 1580. The van der Waals surface area contributed by atoms with Crippen molar-refractivity contribution < 1.29 is 28.7 Å². The quantitative estimate of drug-likeness (QED) is 0.190.